The minimum absolute atomic E-state index is 0.291. The summed E-state index contributed by atoms with van der Waals surface area (Å²) in [6.07, 6.45) is 3.56. The van der Waals surface area contributed by atoms with Gasteiger partial charge in [0.1, 0.15) is 5.01 Å². The number of hydrogen-bond donors (Lipinski definition) is 2. The first-order chi connectivity index (χ1) is 7.24. The number of fused-ring (bicyclic) bond motifs is 1. The van der Waals surface area contributed by atoms with Gasteiger partial charge in [-0.15, -0.1) is 0 Å². The van der Waals surface area contributed by atoms with Crippen LogP contribution in [0.15, 0.2) is 6.20 Å². The first kappa shape index (κ1) is 10.1. The molecule has 0 aliphatic rings. The number of nitrogens with two attached hydrogens (primary N) is 1. The molecule has 6 nitrogen and oxygen atoms in total. The van der Waals surface area contributed by atoms with Gasteiger partial charge in [0.25, 0.3) is 5.91 Å². The summed E-state index contributed by atoms with van der Waals surface area (Å²) in [5, 5.41) is 5.32. The fourth-order valence-electron chi connectivity index (χ4n) is 1.24. The van der Waals surface area contributed by atoms with Crippen molar-refractivity contribution in [2.24, 2.45) is 5.84 Å². The Bertz CT molecular complexity index is 457. The highest BCUT2D eigenvalue weighted by Crippen LogP contribution is 2.15. The van der Waals surface area contributed by atoms with E-state index in [2.05, 4.69) is 17.0 Å². The van der Waals surface area contributed by atoms with Gasteiger partial charge in [-0.1, -0.05) is 18.3 Å². The summed E-state index contributed by atoms with van der Waals surface area (Å²) in [6, 6.07) is 0. The Morgan fingerprint density at radius 1 is 1.73 bits per heavy atom. The minimum atomic E-state index is -0.398. The normalized spacial score (nSPS) is 10.8. The number of aryl methyl sites for hydroxylation is 1. The number of hydrogen-bond acceptors (Lipinski definition) is 5. The molecule has 0 saturated heterocycles. The molecule has 0 radical (unpaired) electrons. The van der Waals surface area contributed by atoms with Crippen LogP contribution < -0.4 is 11.3 Å². The number of hydrazine groups is 1. The Hall–Kier alpha value is -1.47. The van der Waals surface area contributed by atoms with E-state index in [0.29, 0.717) is 5.69 Å². The van der Waals surface area contributed by atoms with E-state index in [4.69, 9.17) is 5.84 Å². The van der Waals surface area contributed by atoms with Crippen molar-refractivity contribution in [1.82, 2.24) is 20.0 Å². The van der Waals surface area contributed by atoms with Crippen LogP contribution in [0.5, 0.6) is 0 Å². The molecule has 0 unspecified atom stereocenters. The summed E-state index contributed by atoms with van der Waals surface area (Å²) in [7, 11) is 0. The molecular formula is C8H11N5OS. The Balaban J connectivity index is 2.34. The van der Waals surface area contributed by atoms with Crippen molar-refractivity contribution < 1.29 is 4.79 Å². The standard InChI is InChI=1S/C8H11N5OS/c1-2-3-6-12-13-4-5(7(14)11-9)10-8(13)15-6/h4H,2-3,9H2,1H3,(H,11,14). The van der Waals surface area contributed by atoms with Gasteiger partial charge in [0, 0.05) is 6.42 Å². The monoisotopic (exact) mass is 225 g/mol. The Morgan fingerprint density at radius 2 is 2.53 bits per heavy atom. The molecule has 2 rings (SSSR count). The quantitative estimate of drug-likeness (QED) is 0.448. The first-order valence-electron chi connectivity index (χ1n) is 4.60. The van der Waals surface area contributed by atoms with Crippen molar-refractivity contribution >= 4 is 22.2 Å². The first-order valence-corrected chi connectivity index (χ1v) is 5.42. The zero-order valence-corrected chi connectivity index (χ0v) is 9.04. The van der Waals surface area contributed by atoms with Gasteiger partial charge in [0.15, 0.2) is 5.69 Å². The van der Waals surface area contributed by atoms with Gasteiger partial charge in [-0.25, -0.2) is 15.3 Å². The molecule has 0 bridgehead atoms. The minimum Gasteiger partial charge on any atom is -0.289 e. The summed E-state index contributed by atoms with van der Waals surface area (Å²) in [5.74, 6) is 4.61. The lowest BCUT2D eigenvalue weighted by Crippen LogP contribution is -2.30. The number of amides is 1. The predicted octanol–water partition coefficient (Wildman–Crippen LogP) is 0.347. The predicted molar refractivity (Wildman–Crippen MR) is 56.5 cm³/mol. The third-order valence-corrected chi connectivity index (χ3v) is 2.89. The molecule has 0 fully saturated rings. The smallest absolute Gasteiger partial charge is 0.285 e. The van der Waals surface area contributed by atoms with Crippen molar-refractivity contribution in [1.29, 1.82) is 0 Å². The molecule has 15 heavy (non-hydrogen) atoms. The number of carbonyl (C=O) groups excluding carboxylic acids is 1. The molecular weight excluding hydrogens is 214 g/mol. The van der Waals surface area contributed by atoms with Crippen LogP contribution in [0, 0.1) is 0 Å². The maximum Gasteiger partial charge on any atom is 0.285 e. The van der Waals surface area contributed by atoms with Gasteiger partial charge < -0.3 is 0 Å². The summed E-state index contributed by atoms with van der Waals surface area (Å²) >= 11 is 1.49. The molecule has 0 aliphatic carbocycles. The number of carbonyl (C=O) groups is 1. The lowest BCUT2D eigenvalue weighted by Gasteiger charge is -1.90. The Morgan fingerprint density at radius 3 is 3.13 bits per heavy atom. The highest BCUT2D eigenvalue weighted by atomic mass is 32.1. The molecule has 0 spiro atoms. The highest BCUT2D eigenvalue weighted by Gasteiger charge is 2.12. The average Bonchev–Trinajstić information content (AvgIpc) is 2.74. The molecule has 3 N–H and O–H groups in total. The number of nitrogens with one attached hydrogen (secondary N) is 1. The van der Waals surface area contributed by atoms with Gasteiger partial charge in [0.05, 0.1) is 6.20 Å². The number of nitrogen functional groups attached to an aromatic ring is 1. The van der Waals surface area contributed by atoms with Gasteiger partial charge >= 0.3 is 0 Å². The van der Waals surface area contributed by atoms with Crippen LogP contribution in [-0.4, -0.2) is 20.5 Å². The van der Waals surface area contributed by atoms with Gasteiger partial charge in [0.2, 0.25) is 4.96 Å². The molecule has 0 atom stereocenters. The van der Waals surface area contributed by atoms with E-state index in [-0.39, 0.29) is 0 Å². The SMILES string of the molecule is CCCc1nn2cc(C(=O)NN)nc2s1. The molecule has 0 saturated carbocycles. The second-order valence-electron chi connectivity index (χ2n) is 3.07. The van der Waals surface area contributed by atoms with Crippen LogP contribution >= 0.6 is 11.3 Å². The molecule has 0 aromatic carbocycles. The summed E-state index contributed by atoms with van der Waals surface area (Å²) in [5.41, 5.74) is 2.32. The maximum atomic E-state index is 11.2. The van der Waals surface area contributed by atoms with Crippen LogP contribution in [0.4, 0.5) is 0 Å². The Kier molecular flexibility index (Phi) is 2.65. The number of aromatic nitrogens is 3. The van der Waals surface area contributed by atoms with E-state index in [0.717, 1.165) is 22.8 Å². The average molecular weight is 225 g/mol. The molecule has 2 heterocycles. The van der Waals surface area contributed by atoms with Gasteiger partial charge in [-0.3, -0.25) is 10.2 Å². The fourth-order valence-corrected chi connectivity index (χ4v) is 2.22. The lowest BCUT2D eigenvalue weighted by molar-refractivity contribution is 0.0949. The van der Waals surface area contributed by atoms with Crippen LogP contribution in [0.1, 0.15) is 28.8 Å². The second kappa shape index (κ2) is 3.95. The third-order valence-electron chi connectivity index (χ3n) is 1.91. The lowest BCUT2D eigenvalue weighted by atomic mass is 10.4. The van der Waals surface area contributed by atoms with E-state index in [1.807, 2.05) is 5.43 Å². The fraction of sp³-hybridized carbons (Fsp3) is 0.375. The van der Waals surface area contributed by atoms with E-state index in [1.54, 1.807) is 10.7 Å². The van der Waals surface area contributed by atoms with Crippen LogP contribution in [0.2, 0.25) is 0 Å². The van der Waals surface area contributed by atoms with Crippen LogP contribution in [0.25, 0.3) is 4.96 Å². The Labute approximate surface area is 90.1 Å². The summed E-state index contributed by atoms with van der Waals surface area (Å²) in [6.45, 7) is 2.09. The van der Waals surface area contributed by atoms with E-state index >= 15 is 0 Å². The van der Waals surface area contributed by atoms with E-state index in [9.17, 15) is 4.79 Å². The zero-order chi connectivity index (χ0) is 10.8. The van der Waals surface area contributed by atoms with Gasteiger partial charge in [-0.2, -0.15) is 5.10 Å². The molecule has 2 aromatic rings. The highest BCUT2D eigenvalue weighted by molar-refractivity contribution is 7.16. The summed E-state index contributed by atoms with van der Waals surface area (Å²) in [4.78, 5) is 16.0. The topological polar surface area (TPSA) is 85.3 Å². The number of nitrogens with zero attached hydrogens (tertiary/aromatic N) is 3. The number of imidazole rings is 1. The van der Waals surface area contributed by atoms with E-state index < -0.39 is 5.91 Å². The third kappa shape index (κ3) is 1.83. The molecule has 0 aliphatic heterocycles. The molecule has 80 valence electrons. The maximum absolute atomic E-state index is 11.2. The van der Waals surface area contributed by atoms with Gasteiger partial charge in [-0.05, 0) is 6.42 Å². The van der Waals surface area contributed by atoms with Crippen LogP contribution in [0.3, 0.4) is 0 Å². The van der Waals surface area contributed by atoms with Crippen molar-refractivity contribution in [3.63, 3.8) is 0 Å². The second-order valence-corrected chi connectivity index (χ2v) is 4.11. The van der Waals surface area contributed by atoms with Crippen molar-refractivity contribution in [2.45, 2.75) is 19.8 Å². The van der Waals surface area contributed by atoms with E-state index in [1.165, 1.54) is 11.3 Å². The molecule has 7 heteroatoms. The number of rotatable bonds is 3. The largest absolute Gasteiger partial charge is 0.289 e. The molecule has 1 amide bonds. The van der Waals surface area contributed by atoms with Crippen LogP contribution in [-0.2, 0) is 6.42 Å². The van der Waals surface area contributed by atoms with Crippen molar-refractivity contribution in [3.8, 4) is 0 Å². The molecule has 2 aromatic heterocycles. The van der Waals surface area contributed by atoms with Crippen molar-refractivity contribution in [3.05, 3.63) is 16.9 Å². The summed E-state index contributed by atoms with van der Waals surface area (Å²) < 4.78 is 1.61. The van der Waals surface area contributed by atoms with Crippen molar-refractivity contribution in [2.75, 3.05) is 0 Å². The zero-order valence-electron chi connectivity index (χ0n) is 8.23.